The lowest BCUT2D eigenvalue weighted by Crippen LogP contribution is -1.95. The van der Waals surface area contributed by atoms with E-state index >= 15 is 0 Å². The Morgan fingerprint density at radius 2 is 1.95 bits per heavy atom. The fourth-order valence-corrected chi connectivity index (χ4v) is 2.15. The number of hydrogen-bond donors (Lipinski definition) is 1. The van der Waals surface area contributed by atoms with Gasteiger partial charge in [0.2, 0.25) is 0 Å². The van der Waals surface area contributed by atoms with Crippen molar-refractivity contribution in [2.75, 3.05) is 5.73 Å². The lowest BCUT2D eigenvalue weighted by atomic mass is 10.2. The molecule has 0 unspecified atom stereocenters. The summed E-state index contributed by atoms with van der Waals surface area (Å²) in [5.74, 6) is -0.832. The fraction of sp³-hybridized carbons (Fsp3) is 0.0714. The molecule has 0 aliphatic heterocycles. The molecular weight excluding hydrogens is 248 g/mol. The molecule has 3 nitrogen and oxygen atoms in total. The van der Waals surface area contributed by atoms with Gasteiger partial charge in [0.15, 0.2) is 0 Å². The van der Waals surface area contributed by atoms with Gasteiger partial charge < -0.3 is 10.3 Å². The van der Waals surface area contributed by atoms with Crippen LogP contribution in [0, 0.1) is 11.6 Å². The Bertz CT molecular complexity index is 778. The highest BCUT2D eigenvalue weighted by molar-refractivity contribution is 5.90. The average molecular weight is 259 g/mol. The minimum Gasteiger partial charge on any atom is -0.397 e. The van der Waals surface area contributed by atoms with Crippen LogP contribution in [-0.2, 0) is 7.05 Å². The minimum absolute atomic E-state index is 0.250. The van der Waals surface area contributed by atoms with Crippen LogP contribution in [-0.4, -0.2) is 9.55 Å². The van der Waals surface area contributed by atoms with Gasteiger partial charge in [0, 0.05) is 13.1 Å². The van der Waals surface area contributed by atoms with Gasteiger partial charge in [-0.2, -0.15) is 0 Å². The van der Waals surface area contributed by atoms with Gasteiger partial charge in [0.1, 0.15) is 23.0 Å². The van der Waals surface area contributed by atoms with Gasteiger partial charge in [-0.05, 0) is 24.3 Å². The molecule has 96 valence electrons. The Kier molecular flexibility index (Phi) is 2.48. The van der Waals surface area contributed by atoms with E-state index < -0.39 is 11.6 Å². The van der Waals surface area contributed by atoms with Gasteiger partial charge in [-0.25, -0.2) is 13.8 Å². The maximum atomic E-state index is 13.8. The maximum Gasteiger partial charge on any atom is 0.143 e. The third-order valence-electron chi connectivity index (χ3n) is 3.11. The molecule has 0 aliphatic carbocycles. The van der Waals surface area contributed by atoms with Crippen LogP contribution in [0.5, 0.6) is 0 Å². The zero-order chi connectivity index (χ0) is 13.6. The smallest absolute Gasteiger partial charge is 0.143 e. The van der Waals surface area contributed by atoms with E-state index in [4.69, 9.17) is 5.73 Å². The number of nitrogens with zero attached hydrogens (tertiary/aromatic N) is 2. The van der Waals surface area contributed by atoms with Crippen molar-refractivity contribution >= 4 is 16.7 Å². The summed E-state index contributed by atoms with van der Waals surface area (Å²) >= 11 is 0. The van der Waals surface area contributed by atoms with E-state index in [9.17, 15) is 8.78 Å². The van der Waals surface area contributed by atoms with Crippen LogP contribution in [0.3, 0.4) is 0 Å². The second kappa shape index (κ2) is 4.05. The van der Waals surface area contributed by atoms with Gasteiger partial charge >= 0.3 is 0 Å². The standard InChI is InChI=1S/C14H11F2N3/c1-19-12-4-2-3-11(17)13(12)18-14(19)9-6-5-8(15)7-10(9)16/h2-7H,17H2,1H3. The molecular formula is C14H11F2N3. The van der Waals surface area contributed by atoms with Crippen LogP contribution < -0.4 is 5.73 Å². The maximum absolute atomic E-state index is 13.8. The highest BCUT2D eigenvalue weighted by Crippen LogP contribution is 2.28. The van der Waals surface area contributed by atoms with E-state index in [1.54, 1.807) is 17.7 Å². The monoisotopic (exact) mass is 259 g/mol. The van der Waals surface area contributed by atoms with Crippen molar-refractivity contribution in [3.05, 3.63) is 48.0 Å². The molecule has 5 heteroatoms. The number of fused-ring (bicyclic) bond motifs is 1. The Morgan fingerprint density at radius 1 is 1.16 bits per heavy atom. The molecule has 0 fully saturated rings. The van der Waals surface area contributed by atoms with Crippen LogP contribution in [0.1, 0.15) is 0 Å². The summed E-state index contributed by atoms with van der Waals surface area (Å²) in [6.07, 6.45) is 0. The minimum atomic E-state index is -0.642. The van der Waals surface area contributed by atoms with Crippen LogP contribution >= 0.6 is 0 Å². The van der Waals surface area contributed by atoms with Crippen LogP contribution in [0.2, 0.25) is 0 Å². The number of halogens is 2. The molecule has 2 N–H and O–H groups in total. The molecule has 3 rings (SSSR count). The van der Waals surface area contributed by atoms with Crippen molar-refractivity contribution in [2.45, 2.75) is 0 Å². The third-order valence-corrected chi connectivity index (χ3v) is 3.11. The van der Waals surface area contributed by atoms with Crippen molar-refractivity contribution in [1.29, 1.82) is 0 Å². The summed E-state index contributed by atoms with van der Waals surface area (Å²) in [7, 11) is 1.77. The van der Waals surface area contributed by atoms with E-state index in [0.29, 0.717) is 17.0 Å². The van der Waals surface area contributed by atoms with Gasteiger partial charge in [0.05, 0.1) is 16.8 Å². The Labute approximate surface area is 108 Å². The molecule has 0 saturated heterocycles. The molecule has 0 amide bonds. The number of nitrogens with two attached hydrogens (primary N) is 1. The van der Waals surface area contributed by atoms with Crippen molar-refractivity contribution < 1.29 is 8.78 Å². The number of hydrogen-bond acceptors (Lipinski definition) is 2. The van der Waals surface area contributed by atoms with Crippen LogP contribution in [0.25, 0.3) is 22.4 Å². The van der Waals surface area contributed by atoms with Crippen molar-refractivity contribution in [3.63, 3.8) is 0 Å². The molecule has 1 heterocycles. The van der Waals surface area contributed by atoms with Gasteiger partial charge in [-0.15, -0.1) is 0 Å². The number of benzene rings is 2. The van der Waals surface area contributed by atoms with E-state index in [1.165, 1.54) is 12.1 Å². The summed E-state index contributed by atoms with van der Waals surface area (Å²) in [5.41, 5.74) is 8.05. The molecule has 0 bridgehead atoms. The number of para-hydroxylation sites is 1. The number of aryl methyl sites for hydroxylation is 1. The van der Waals surface area contributed by atoms with E-state index in [-0.39, 0.29) is 5.56 Å². The second-order valence-corrected chi connectivity index (χ2v) is 4.33. The number of aromatic nitrogens is 2. The molecule has 3 aromatic rings. The summed E-state index contributed by atoms with van der Waals surface area (Å²) in [4.78, 5) is 4.35. The Balaban J connectivity index is 2.31. The van der Waals surface area contributed by atoms with E-state index in [2.05, 4.69) is 4.98 Å². The molecule has 0 saturated carbocycles. The molecule has 19 heavy (non-hydrogen) atoms. The Hall–Kier alpha value is -2.43. The number of anilines is 1. The topological polar surface area (TPSA) is 43.8 Å². The van der Waals surface area contributed by atoms with Gasteiger partial charge in [0.25, 0.3) is 0 Å². The first-order valence-corrected chi connectivity index (χ1v) is 5.74. The summed E-state index contributed by atoms with van der Waals surface area (Å²) in [6, 6.07) is 8.83. The zero-order valence-corrected chi connectivity index (χ0v) is 10.2. The summed E-state index contributed by atoms with van der Waals surface area (Å²) < 4.78 is 28.5. The first-order chi connectivity index (χ1) is 9.08. The highest BCUT2D eigenvalue weighted by Gasteiger charge is 2.15. The molecule has 1 aromatic heterocycles. The molecule has 0 aliphatic rings. The van der Waals surface area contributed by atoms with Crippen LogP contribution in [0.4, 0.5) is 14.5 Å². The lowest BCUT2D eigenvalue weighted by Gasteiger charge is -2.03. The lowest BCUT2D eigenvalue weighted by molar-refractivity contribution is 0.584. The number of imidazole rings is 1. The first-order valence-electron chi connectivity index (χ1n) is 5.74. The van der Waals surface area contributed by atoms with Gasteiger partial charge in [-0.1, -0.05) is 6.07 Å². The number of rotatable bonds is 1. The Morgan fingerprint density at radius 3 is 2.63 bits per heavy atom. The number of nitrogen functional groups attached to an aromatic ring is 1. The fourth-order valence-electron chi connectivity index (χ4n) is 2.15. The first kappa shape index (κ1) is 11.6. The van der Waals surface area contributed by atoms with Gasteiger partial charge in [-0.3, -0.25) is 0 Å². The van der Waals surface area contributed by atoms with E-state index in [0.717, 1.165) is 11.6 Å². The SMILES string of the molecule is Cn1c(-c2ccc(F)cc2F)nc2c(N)cccc21. The summed E-state index contributed by atoms with van der Waals surface area (Å²) in [6.45, 7) is 0. The van der Waals surface area contributed by atoms with Crippen molar-refractivity contribution in [1.82, 2.24) is 9.55 Å². The predicted molar refractivity (Wildman–Crippen MR) is 70.5 cm³/mol. The molecule has 2 aromatic carbocycles. The molecule has 0 spiro atoms. The molecule has 0 radical (unpaired) electrons. The highest BCUT2D eigenvalue weighted by atomic mass is 19.1. The van der Waals surface area contributed by atoms with Crippen molar-refractivity contribution in [3.8, 4) is 11.4 Å². The predicted octanol–water partition coefficient (Wildman–Crippen LogP) is 3.10. The average Bonchev–Trinajstić information content (AvgIpc) is 2.69. The van der Waals surface area contributed by atoms with E-state index in [1.807, 2.05) is 12.1 Å². The molecule has 0 atom stereocenters. The zero-order valence-electron chi connectivity index (χ0n) is 10.2. The third kappa shape index (κ3) is 1.74. The second-order valence-electron chi connectivity index (χ2n) is 4.33. The van der Waals surface area contributed by atoms with Crippen LogP contribution in [0.15, 0.2) is 36.4 Å². The quantitative estimate of drug-likeness (QED) is 0.682. The normalized spacial score (nSPS) is 11.1. The van der Waals surface area contributed by atoms with Crippen molar-refractivity contribution in [2.24, 2.45) is 7.05 Å². The summed E-state index contributed by atoms with van der Waals surface area (Å²) in [5, 5.41) is 0. The largest absolute Gasteiger partial charge is 0.397 e.